The Balaban J connectivity index is 2.47. The van der Waals surface area contributed by atoms with Gasteiger partial charge in [-0.05, 0) is 43.2 Å². The Morgan fingerprint density at radius 1 is 1.11 bits per heavy atom. The van der Waals surface area contributed by atoms with Crippen molar-refractivity contribution in [3.8, 4) is 11.5 Å². The van der Waals surface area contributed by atoms with Crippen LogP contribution < -0.4 is 19.1 Å². The van der Waals surface area contributed by atoms with Gasteiger partial charge in [0, 0.05) is 23.6 Å². The third-order valence-electron chi connectivity index (χ3n) is 5.29. The SMILES string of the molecule is CCCNC(=O)[C@H](C)N(Cc1cccc(Br)c1)C(=O)CN(c1cc(OC)ccc1OC)S(C)(=O)=O. The average molecular weight is 571 g/mol. The van der Waals surface area contributed by atoms with Crippen LogP contribution in [0.25, 0.3) is 0 Å². The van der Waals surface area contributed by atoms with Crippen LogP contribution >= 0.6 is 15.9 Å². The summed E-state index contributed by atoms with van der Waals surface area (Å²) in [6.45, 7) is 3.62. The summed E-state index contributed by atoms with van der Waals surface area (Å²) < 4.78 is 37.9. The predicted octanol–water partition coefficient (Wildman–Crippen LogP) is 3.18. The lowest BCUT2D eigenvalue weighted by molar-refractivity contribution is -0.139. The molecule has 1 N–H and O–H groups in total. The maximum absolute atomic E-state index is 13.6. The Bertz CT molecular complexity index is 1140. The summed E-state index contributed by atoms with van der Waals surface area (Å²) in [5.74, 6) is -0.198. The highest BCUT2D eigenvalue weighted by Gasteiger charge is 2.31. The Morgan fingerprint density at radius 3 is 2.40 bits per heavy atom. The number of anilines is 1. The van der Waals surface area contributed by atoms with Crippen LogP contribution in [0, 0.1) is 0 Å². The normalized spacial score (nSPS) is 11.9. The summed E-state index contributed by atoms with van der Waals surface area (Å²) in [5.41, 5.74) is 0.945. The second-order valence-electron chi connectivity index (χ2n) is 7.93. The molecule has 2 aromatic carbocycles. The predicted molar refractivity (Wildman–Crippen MR) is 139 cm³/mol. The molecule has 0 aliphatic rings. The fraction of sp³-hybridized carbons (Fsp3) is 0.417. The molecule has 35 heavy (non-hydrogen) atoms. The Morgan fingerprint density at radius 2 is 1.83 bits per heavy atom. The van der Waals surface area contributed by atoms with Crippen molar-refractivity contribution in [3.63, 3.8) is 0 Å². The van der Waals surface area contributed by atoms with Gasteiger partial charge in [0.1, 0.15) is 24.1 Å². The first-order valence-electron chi connectivity index (χ1n) is 11.0. The number of halogens is 1. The Labute approximate surface area is 215 Å². The van der Waals surface area contributed by atoms with Crippen LogP contribution in [-0.4, -0.2) is 64.7 Å². The van der Waals surface area contributed by atoms with Gasteiger partial charge in [0.2, 0.25) is 21.8 Å². The number of carbonyl (C=O) groups is 2. The van der Waals surface area contributed by atoms with E-state index in [4.69, 9.17) is 9.47 Å². The standard InChI is InChI=1S/C24H32BrN3O6S/c1-6-12-26-24(30)17(2)27(15-18-8-7-9-19(25)13-18)23(29)16-28(35(5,31)32)21-14-20(33-3)10-11-22(21)34-4/h7-11,13-14,17H,6,12,15-16H2,1-5H3,(H,26,30)/t17-/m0/s1. The zero-order valence-electron chi connectivity index (χ0n) is 20.6. The first-order valence-corrected chi connectivity index (χ1v) is 13.7. The molecule has 0 saturated heterocycles. The summed E-state index contributed by atoms with van der Waals surface area (Å²) in [7, 11) is -1.04. The minimum atomic E-state index is -3.90. The molecular weight excluding hydrogens is 538 g/mol. The van der Waals surface area contributed by atoms with Gasteiger partial charge in [0.25, 0.3) is 0 Å². The van der Waals surface area contributed by atoms with Crippen LogP contribution in [0.2, 0.25) is 0 Å². The number of ether oxygens (including phenoxy) is 2. The zero-order chi connectivity index (χ0) is 26.2. The first-order chi connectivity index (χ1) is 16.5. The molecule has 2 aromatic rings. The lowest BCUT2D eigenvalue weighted by Crippen LogP contribution is -2.51. The van der Waals surface area contributed by atoms with Crippen LogP contribution in [0.1, 0.15) is 25.8 Å². The van der Waals surface area contributed by atoms with Crippen molar-refractivity contribution < 1.29 is 27.5 Å². The Kier molecular flexibility index (Phi) is 10.4. The van der Waals surface area contributed by atoms with Gasteiger partial charge in [-0.2, -0.15) is 0 Å². The average Bonchev–Trinajstić information content (AvgIpc) is 2.82. The second kappa shape index (κ2) is 12.8. The zero-order valence-corrected chi connectivity index (χ0v) is 23.0. The Hall–Kier alpha value is -2.79. The molecule has 192 valence electrons. The maximum atomic E-state index is 13.6. The van der Waals surface area contributed by atoms with Crippen molar-refractivity contribution in [2.75, 3.05) is 37.9 Å². The van der Waals surface area contributed by atoms with Crippen molar-refractivity contribution >= 4 is 43.5 Å². The number of amides is 2. The van der Waals surface area contributed by atoms with Crippen LogP contribution in [0.5, 0.6) is 11.5 Å². The summed E-state index contributed by atoms with van der Waals surface area (Å²) in [6.07, 6.45) is 1.75. The molecular formula is C24H32BrN3O6S. The van der Waals surface area contributed by atoms with Gasteiger partial charge < -0.3 is 19.7 Å². The van der Waals surface area contributed by atoms with Crippen molar-refractivity contribution in [2.24, 2.45) is 0 Å². The number of hydrogen-bond donors (Lipinski definition) is 1. The third kappa shape index (κ3) is 7.86. The number of methoxy groups -OCH3 is 2. The molecule has 2 rings (SSSR count). The lowest BCUT2D eigenvalue weighted by atomic mass is 10.1. The van der Waals surface area contributed by atoms with Crippen LogP contribution in [0.3, 0.4) is 0 Å². The molecule has 0 aliphatic carbocycles. The van der Waals surface area contributed by atoms with Crippen LogP contribution in [0.15, 0.2) is 46.9 Å². The fourth-order valence-electron chi connectivity index (χ4n) is 3.40. The van der Waals surface area contributed by atoms with Gasteiger partial charge in [0.15, 0.2) is 0 Å². The molecule has 9 nitrogen and oxygen atoms in total. The van der Waals surface area contributed by atoms with E-state index in [9.17, 15) is 18.0 Å². The summed E-state index contributed by atoms with van der Waals surface area (Å²) in [6, 6.07) is 11.2. The van der Waals surface area contributed by atoms with Crippen LogP contribution in [-0.2, 0) is 26.2 Å². The van der Waals surface area contributed by atoms with Crippen molar-refractivity contribution in [2.45, 2.75) is 32.9 Å². The van der Waals surface area contributed by atoms with Crippen LogP contribution in [0.4, 0.5) is 5.69 Å². The van der Waals surface area contributed by atoms with Gasteiger partial charge in [-0.15, -0.1) is 0 Å². The van der Waals surface area contributed by atoms with E-state index in [0.29, 0.717) is 12.3 Å². The van der Waals surface area contributed by atoms with E-state index in [0.717, 1.165) is 27.0 Å². The molecule has 0 bridgehead atoms. The molecule has 0 heterocycles. The smallest absolute Gasteiger partial charge is 0.244 e. The van der Waals surface area contributed by atoms with Gasteiger partial charge in [-0.1, -0.05) is 35.0 Å². The van der Waals surface area contributed by atoms with Gasteiger partial charge >= 0.3 is 0 Å². The molecule has 0 radical (unpaired) electrons. The van der Waals surface area contributed by atoms with Gasteiger partial charge in [0.05, 0.1) is 26.2 Å². The number of sulfonamides is 1. The summed E-state index contributed by atoms with van der Waals surface area (Å²) in [5, 5.41) is 2.80. The van der Waals surface area contributed by atoms with Gasteiger partial charge in [-0.3, -0.25) is 13.9 Å². The summed E-state index contributed by atoms with van der Waals surface area (Å²) in [4.78, 5) is 27.7. The van der Waals surface area contributed by atoms with Crippen molar-refractivity contribution in [1.29, 1.82) is 0 Å². The minimum absolute atomic E-state index is 0.117. The quantitative estimate of drug-likeness (QED) is 0.421. The number of nitrogens with zero attached hydrogens (tertiary/aromatic N) is 2. The molecule has 0 aromatic heterocycles. The van der Waals surface area contributed by atoms with E-state index in [1.807, 2.05) is 31.2 Å². The highest BCUT2D eigenvalue weighted by molar-refractivity contribution is 9.10. The summed E-state index contributed by atoms with van der Waals surface area (Å²) >= 11 is 3.42. The fourth-order valence-corrected chi connectivity index (χ4v) is 4.69. The highest BCUT2D eigenvalue weighted by atomic mass is 79.9. The second-order valence-corrected chi connectivity index (χ2v) is 10.7. The number of benzene rings is 2. The molecule has 0 aliphatic heterocycles. The van der Waals surface area contributed by atoms with E-state index < -0.39 is 28.5 Å². The first kappa shape index (κ1) is 28.4. The molecule has 0 fully saturated rings. The minimum Gasteiger partial charge on any atom is -0.497 e. The molecule has 0 spiro atoms. The molecule has 1 atom stereocenters. The maximum Gasteiger partial charge on any atom is 0.244 e. The largest absolute Gasteiger partial charge is 0.497 e. The van der Waals surface area contributed by atoms with E-state index in [1.54, 1.807) is 19.1 Å². The lowest BCUT2D eigenvalue weighted by Gasteiger charge is -2.32. The molecule has 11 heteroatoms. The number of carbonyl (C=O) groups excluding carboxylic acids is 2. The van der Waals surface area contributed by atoms with Crippen molar-refractivity contribution in [1.82, 2.24) is 10.2 Å². The molecule has 0 unspecified atom stereocenters. The topological polar surface area (TPSA) is 105 Å². The van der Waals surface area contributed by atoms with E-state index in [2.05, 4.69) is 21.2 Å². The third-order valence-corrected chi connectivity index (χ3v) is 6.91. The monoisotopic (exact) mass is 569 g/mol. The van der Waals surface area contributed by atoms with Crippen molar-refractivity contribution in [3.05, 3.63) is 52.5 Å². The van der Waals surface area contributed by atoms with E-state index >= 15 is 0 Å². The molecule has 0 saturated carbocycles. The number of nitrogens with one attached hydrogen (secondary N) is 1. The number of hydrogen-bond acceptors (Lipinski definition) is 6. The van der Waals surface area contributed by atoms with E-state index in [1.165, 1.54) is 25.2 Å². The van der Waals surface area contributed by atoms with Gasteiger partial charge in [-0.25, -0.2) is 8.42 Å². The van der Waals surface area contributed by atoms with E-state index in [-0.39, 0.29) is 23.9 Å². The molecule has 2 amide bonds. The number of rotatable bonds is 12. The highest BCUT2D eigenvalue weighted by Crippen LogP contribution is 2.34.